The van der Waals surface area contributed by atoms with Crippen molar-refractivity contribution < 1.29 is 14.7 Å². The summed E-state index contributed by atoms with van der Waals surface area (Å²) < 4.78 is 0.663. The van der Waals surface area contributed by atoms with Crippen LogP contribution in [0.25, 0.3) is 0 Å². The van der Waals surface area contributed by atoms with Crippen LogP contribution in [0, 0.1) is 5.92 Å². The molecular formula is C9H15BrN2O3. The maximum atomic E-state index is 11.4. The fourth-order valence-corrected chi connectivity index (χ4v) is 1.02. The number of amides is 2. The van der Waals surface area contributed by atoms with Gasteiger partial charge in [0.15, 0.2) is 0 Å². The van der Waals surface area contributed by atoms with Crippen LogP contribution in [0.4, 0.5) is 4.79 Å². The van der Waals surface area contributed by atoms with Gasteiger partial charge in [-0.05, 0) is 0 Å². The molecule has 0 aromatic heterocycles. The first kappa shape index (κ1) is 14.0. The molecule has 0 bridgehead atoms. The van der Waals surface area contributed by atoms with E-state index in [-0.39, 0.29) is 12.6 Å². The van der Waals surface area contributed by atoms with Gasteiger partial charge in [-0.2, -0.15) is 0 Å². The highest BCUT2D eigenvalue weighted by Crippen LogP contribution is 2.00. The number of hydrogen-bond acceptors (Lipinski definition) is 2. The van der Waals surface area contributed by atoms with Gasteiger partial charge < -0.3 is 15.3 Å². The summed E-state index contributed by atoms with van der Waals surface area (Å²) in [5.41, 5.74) is 0. The van der Waals surface area contributed by atoms with Crippen LogP contribution in [0.15, 0.2) is 11.1 Å². The minimum Gasteiger partial charge on any atom is -0.481 e. The van der Waals surface area contributed by atoms with Crippen molar-refractivity contribution in [3.8, 4) is 0 Å². The molecule has 0 radical (unpaired) electrons. The minimum atomic E-state index is -0.917. The first-order valence-electron chi connectivity index (χ1n) is 4.39. The lowest BCUT2D eigenvalue weighted by Gasteiger charge is -2.19. The number of carbonyl (C=O) groups excluding carboxylic acids is 1. The molecule has 0 aromatic carbocycles. The predicted molar refractivity (Wildman–Crippen MR) is 60.9 cm³/mol. The standard InChI is InChI=1S/C9H15BrN2O3/c1-6(8(13)14)5-12(3)9(15)11-4-7(2)10/h6H,2,4-5H2,1,3H3,(H,11,15)(H,13,14). The summed E-state index contributed by atoms with van der Waals surface area (Å²) >= 11 is 3.10. The smallest absolute Gasteiger partial charge is 0.317 e. The number of aliphatic carboxylic acids is 1. The van der Waals surface area contributed by atoms with Crippen LogP contribution in [-0.2, 0) is 4.79 Å². The summed E-state index contributed by atoms with van der Waals surface area (Å²) in [7, 11) is 1.55. The summed E-state index contributed by atoms with van der Waals surface area (Å²) in [4.78, 5) is 23.2. The molecule has 0 saturated heterocycles. The lowest BCUT2D eigenvalue weighted by molar-refractivity contribution is -0.141. The van der Waals surface area contributed by atoms with Crippen molar-refractivity contribution in [2.24, 2.45) is 5.92 Å². The van der Waals surface area contributed by atoms with E-state index in [1.165, 1.54) is 4.90 Å². The summed E-state index contributed by atoms with van der Waals surface area (Å²) in [6.45, 7) is 5.62. The molecule has 2 amide bonds. The summed E-state index contributed by atoms with van der Waals surface area (Å²) in [6.07, 6.45) is 0. The van der Waals surface area contributed by atoms with E-state index in [2.05, 4.69) is 27.8 Å². The average molecular weight is 279 g/mol. The van der Waals surface area contributed by atoms with Crippen LogP contribution in [-0.4, -0.2) is 42.1 Å². The van der Waals surface area contributed by atoms with Crippen molar-refractivity contribution in [2.45, 2.75) is 6.92 Å². The number of hydrogen-bond donors (Lipinski definition) is 2. The number of halogens is 1. The normalized spacial score (nSPS) is 11.7. The van der Waals surface area contributed by atoms with E-state index < -0.39 is 11.9 Å². The molecule has 15 heavy (non-hydrogen) atoms. The molecule has 5 nitrogen and oxygen atoms in total. The van der Waals surface area contributed by atoms with Crippen LogP contribution in [0.2, 0.25) is 0 Å². The Kier molecular flexibility index (Phi) is 6.00. The fourth-order valence-electron chi connectivity index (χ4n) is 0.878. The molecule has 0 aromatic rings. The van der Waals surface area contributed by atoms with Crippen LogP contribution in [0.3, 0.4) is 0 Å². The highest BCUT2D eigenvalue weighted by atomic mass is 79.9. The molecule has 0 fully saturated rings. The van der Waals surface area contributed by atoms with Crippen LogP contribution in [0.5, 0.6) is 0 Å². The number of carbonyl (C=O) groups is 2. The summed E-state index contributed by atoms with van der Waals surface area (Å²) in [5, 5.41) is 11.2. The highest BCUT2D eigenvalue weighted by molar-refractivity contribution is 9.11. The second-order valence-corrected chi connectivity index (χ2v) is 4.42. The van der Waals surface area contributed by atoms with E-state index in [0.29, 0.717) is 11.0 Å². The first-order valence-corrected chi connectivity index (χ1v) is 5.19. The molecular weight excluding hydrogens is 264 g/mol. The molecule has 0 aliphatic heterocycles. The molecule has 1 unspecified atom stereocenters. The fraction of sp³-hybridized carbons (Fsp3) is 0.556. The molecule has 0 spiro atoms. The Morgan fingerprint density at radius 1 is 1.60 bits per heavy atom. The SMILES string of the molecule is C=C(Br)CNC(=O)N(C)CC(C)C(=O)O. The van der Waals surface area contributed by atoms with E-state index in [4.69, 9.17) is 5.11 Å². The molecule has 86 valence electrons. The molecule has 0 saturated carbocycles. The van der Waals surface area contributed by atoms with E-state index in [1.54, 1.807) is 14.0 Å². The van der Waals surface area contributed by atoms with E-state index in [0.717, 1.165) is 0 Å². The third kappa shape index (κ3) is 6.11. The maximum absolute atomic E-state index is 11.4. The topological polar surface area (TPSA) is 69.6 Å². The van der Waals surface area contributed by atoms with Crippen molar-refractivity contribution in [1.82, 2.24) is 10.2 Å². The van der Waals surface area contributed by atoms with Crippen LogP contribution < -0.4 is 5.32 Å². The Labute approximate surface area is 97.3 Å². The number of carboxylic acids is 1. The van der Waals surface area contributed by atoms with Gasteiger partial charge in [-0.3, -0.25) is 4.79 Å². The second kappa shape index (κ2) is 6.44. The molecule has 0 rings (SSSR count). The Hall–Kier alpha value is -1.04. The minimum absolute atomic E-state index is 0.177. The molecule has 6 heteroatoms. The van der Waals surface area contributed by atoms with Crippen LogP contribution >= 0.6 is 15.9 Å². The molecule has 0 aliphatic rings. The maximum Gasteiger partial charge on any atom is 0.317 e. The number of carboxylic acid groups (broad SMARTS) is 1. The van der Waals surface area contributed by atoms with Gasteiger partial charge in [0.25, 0.3) is 0 Å². The van der Waals surface area contributed by atoms with Gasteiger partial charge in [0.2, 0.25) is 0 Å². The zero-order chi connectivity index (χ0) is 12.0. The Morgan fingerprint density at radius 3 is 2.53 bits per heavy atom. The largest absolute Gasteiger partial charge is 0.481 e. The van der Waals surface area contributed by atoms with Gasteiger partial charge in [0, 0.05) is 18.1 Å². The van der Waals surface area contributed by atoms with E-state index >= 15 is 0 Å². The number of nitrogens with one attached hydrogen (secondary N) is 1. The van der Waals surface area contributed by atoms with Gasteiger partial charge in [0.1, 0.15) is 0 Å². The van der Waals surface area contributed by atoms with Crippen molar-refractivity contribution >= 4 is 27.9 Å². The van der Waals surface area contributed by atoms with Gasteiger partial charge in [0.05, 0.1) is 12.5 Å². The van der Waals surface area contributed by atoms with Crippen molar-refractivity contribution in [3.63, 3.8) is 0 Å². The number of urea groups is 1. The monoisotopic (exact) mass is 278 g/mol. The summed E-state index contributed by atoms with van der Waals surface area (Å²) in [5.74, 6) is -1.49. The second-order valence-electron chi connectivity index (χ2n) is 3.30. The molecule has 1 atom stereocenters. The number of rotatable bonds is 5. The zero-order valence-electron chi connectivity index (χ0n) is 8.79. The Balaban J connectivity index is 3.99. The third-order valence-electron chi connectivity index (χ3n) is 1.75. The van der Waals surface area contributed by atoms with E-state index in [1.807, 2.05) is 0 Å². The van der Waals surface area contributed by atoms with E-state index in [9.17, 15) is 9.59 Å². The van der Waals surface area contributed by atoms with Gasteiger partial charge in [-0.25, -0.2) is 4.79 Å². The van der Waals surface area contributed by atoms with Gasteiger partial charge in [-0.15, -0.1) is 0 Å². The predicted octanol–water partition coefficient (Wildman–Crippen LogP) is 1.26. The first-order chi connectivity index (χ1) is 6.84. The summed E-state index contributed by atoms with van der Waals surface area (Å²) in [6, 6.07) is -0.316. The highest BCUT2D eigenvalue weighted by Gasteiger charge is 2.16. The van der Waals surface area contributed by atoms with Crippen molar-refractivity contribution in [1.29, 1.82) is 0 Å². The Bertz CT molecular complexity index is 268. The zero-order valence-corrected chi connectivity index (χ0v) is 10.4. The average Bonchev–Trinajstić information content (AvgIpc) is 2.13. The lowest BCUT2D eigenvalue weighted by Crippen LogP contribution is -2.41. The number of nitrogens with zero attached hydrogens (tertiary/aromatic N) is 1. The quantitative estimate of drug-likeness (QED) is 0.796. The third-order valence-corrected chi connectivity index (χ3v) is 2.03. The van der Waals surface area contributed by atoms with Crippen LogP contribution in [0.1, 0.15) is 6.92 Å². The van der Waals surface area contributed by atoms with Crippen molar-refractivity contribution in [2.75, 3.05) is 20.1 Å². The Morgan fingerprint density at radius 2 is 2.13 bits per heavy atom. The molecule has 0 aliphatic carbocycles. The van der Waals surface area contributed by atoms with Crippen molar-refractivity contribution in [3.05, 3.63) is 11.1 Å². The lowest BCUT2D eigenvalue weighted by atomic mass is 10.2. The molecule has 2 N–H and O–H groups in total. The van der Waals surface area contributed by atoms with Gasteiger partial charge >= 0.3 is 12.0 Å². The van der Waals surface area contributed by atoms with Gasteiger partial charge in [-0.1, -0.05) is 29.4 Å². The molecule has 0 heterocycles.